The number of sulfone groups is 1. The van der Waals surface area contributed by atoms with Crippen molar-refractivity contribution >= 4 is 15.0 Å². The van der Waals surface area contributed by atoms with Crippen molar-refractivity contribution in [1.29, 1.82) is 0 Å². The van der Waals surface area contributed by atoms with Crippen molar-refractivity contribution in [3.63, 3.8) is 0 Å². The van der Waals surface area contributed by atoms with Crippen LogP contribution in [0.4, 0.5) is 13.2 Å². The van der Waals surface area contributed by atoms with Crippen LogP contribution in [-0.4, -0.2) is 20.2 Å². The van der Waals surface area contributed by atoms with Gasteiger partial charge in [-0.2, -0.15) is 13.2 Å². The molecule has 9 heteroatoms. The van der Waals surface area contributed by atoms with Gasteiger partial charge in [0.2, 0.25) is 15.0 Å². The first-order chi connectivity index (χ1) is 9.20. The number of hydrogen-bond donors (Lipinski definition) is 1. The Morgan fingerprint density at radius 1 is 1.25 bits per heavy atom. The fourth-order valence-corrected chi connectivity index (χ4v) is 2.36. The lowest BCUT2D eigenvalue weighted by molar-refractivity contribution is -0.138. The molecule has 0 saturated heterocycles. The van der Waals surface area contributed by atoms with Gasteiger partial charge in [0.1, 0.15) is 12.4 Å². The van der Waals surface area contributed by atoms with Crippen molar-refractivity contribution in [2.45, 2.75) is 6.18 Å². The molecule has 20 heavy (non-hydrogen) atoms. The minimum atomic E-state index is -4.56. The fraction of sp³-hybridized carbons (Fsp3) is 0.182. The zero-order valence-electron chi connectivity index (χ0n) is 9.89. The summed E-state index contributed by atoms with van der Waals surface area (Å²) in [7, 11) is -3.75. The maximum atomic E-state index is 12.7. The van der Waals surface area contributed by atoms with Crippen molar-refractivity contribution in [2.75, 3.05) is 6.61 Å². The number of halogens is 3. The molecule has 5 nitrogen and oxygen atoms in total. The molecule has 0 aromatic heterocycles. The number of amidine groups is 1. The highest BCUT2D eigenvalue weighted by Gasteiger charge is 2.34. The lowest BCUT2D eigenvalue weighted by Crippen LogP contribution is -2.18. The Hall–Kier alpha value is -2.03. The van der Waals surface area contributed by atoms with Gasteiger partial charge in [0.25, 0.3) is 0 Å². The highest BCUT2D eigenvalue weighted by Crippen LogP contribution is 2.36. The van der Waals surface area contributed by atoms with Crippen LogP contribution in [0, 0.1) is 0 Å². The van der Waals surface area contributed by atoms with Crippen LogP contribution < -0.4 is 10.5 Å². The summed E-state index contributed by atoms with van der Waals surface area (Å²) >= 11 is 0. The van der Waals surface area contributed by atoms with Gasteiger partial charge in [-0.15, -0.1) is 0 Å². The molecule has 2 N–H and O–H groups in total. The molecule has 0 amide bonds. The van der Waals surface area contributed by atoms with E-state index in [1.165, 1.54) is 12.1 Å². The average molecular weight is 306 g/mol. The molecule has 1 aliphatic heterocycles. The third-order valence-electron chi connectivity index (χ3n) is 2.40. The molecule has 0 unspecified atom stereocenters. The van der Waals surface area contributed by atoms with E-state index in [1.807, 2.05) is 0 Å². The van der Waals surface area contributed by atoms with Crippen LogP contribution in [0.25, 0.3) is 0 Å². The van der Waals surface area contributed by atoms with E-state index in [4.69, 9.17) is 10.5 Å². The maximum absolute atomic E-state index is 12.7. The molecule has 0 aliphatic carbocycles. The number of ether oxygens (including phenoxy) is 1. The second-order valence-electron chi connectivity index (χ2n) is 3.89. The van der Waals surface area contributed by atoms with E-state index in [0.717, 1.165) is 17.5 Å². The number of aliphatic imine (C=N–C) groups is 1. The van der Waals surface area contributed by atoms with Crippen molar-refractivity contribution in [3.8, 4) is 5.75 Å². The van der Waals surface area contributed by atoms with E-state index in [2.05, 4.69) is 4.99 Å². The lowest BCUT2D eigenvalue weighted by atomic mass is 10.2. The summed E-state index contributed by atoms with van der Waals surface area (Å²) in [5.41, 5.74) is 4.14. The van der Waals surface area contributed by atoms with Crippen LogP contribution in [0.2, 0.25) is 0 Å². The summed E-state index contributed by atoms with van der Waals surface area (Å²) in [6.45, 7) is -0.424. The first-order valence-electron chi connectivity index (χ1n) is 5.29. The second kappa shape index (κ2) is 4.82. The number of hydrogen-bond acceptors (Lipinski definition) is 5. The maximum Gasteiger partial charge on any atom is 0.419 e. The number of para-hydroxylation sites is 1. The van der Waals surface area contributed by atoms with Crippen LogP contribution in [-0.2, 0) is 16.0 Å². The average Bonchev–Trinajstić information content (AvgIpc) is 2.60. The standard InChI is InChI=1S/C11H9F3N2O3S/c12-11(13,14)8-3-1-2-4-9(8)19-5-7-6-20(17,18)10(15)16-7/h1-4,6H,5H2,(H2,15,16). The minimum absolute atomic E-state index is 0.0560. The van der Waals surface area contributed by atoms with E-state index < -0.39 is 39.1 Å². The second-order valence-corrected chi connectivity index (χ2v) is 5.63. The van der Waals surface area contributed by atoms with E-state index >= 15 is 0 Å². The molecule has 0 saturated carbocycles. The predicted octanol–water partition coefficient (Wildman–Crippen LogP) is 1.67. The van der Waals surface area contributed by atoms with Crippen molar-refractivity contribution in [3.05, 3.63) is 40.9 Å². The Labute approximate surface area is 112 Å². The van der Waals surface area contributed by atoms with Crippen molar-refractivity contribution in [1.82, 2.24) is 0 Å². The largest absolute Gasteiger partial charge is 0.487 e. The number of benzene rings is 1. The molecule has 1 aromatic carbocycles. The fourth-order valence-electron chi connectivity index (χ4n) is 1.52. The van der Waals surface area contributed by atoms with E-state index in [-0.39, 0.29) is 5.70 Å². The molecule has 2 rings (SSSR count). The van der Waals surface area contributed by atoms with Crippen molar-refractivity contribution in [2.24, 2.45) is 10.7 Å². The van der Waals surface area contributed by atoms with Crippen LogP contribution >= 0.6 is 0 Å². The Balaban J connectivity index is 2.18. The minimum Gasteiger partial charge on any atom is -0.487 e. The van der Waals surface area contributed by atoms with Gasteiger partial charge >= 0.3 is 6.18 Å². The number of alkyl halides is 3. The van der Waals surface area contributed by atoms with Gasteiger partial charge in [-0.25, -0.2) is 13.4 Å². The normalized spacial score (nSPS) is 17.6. The van der Waals surface area contributed by atoms with Crippen LogP contribution in [0.5, 0.6) is 5.75 Å². The zero-order valence-corrected chi connectivity index (χ0v) is 10.7. The molecular formula is C11H9F3N2O3S. The summed E-state index contributed by atoms with van der Waals surface area (Å²) < 4.78 is 65.5. The quantitative estimate of drug-likeness (QED) is 0.921. The topological polar surface area (TPSA) is 81.8 Å². The van der Waals surface area contributed by atoms with Gasteiger partial charge in [-0.1, -0.05) is 12.1 Å². The summed E-state index contributed by atoms with van der Waals surface area (Å²) in [6, 6.07) is 4.61. The van der Waals surface area contributed by atoms with Crippen LogP contribution in [0.3, 0.4) is 0 Å². The zero-order chi connectivity index (χ0) is 15.0. The monoisotopic (exact) mass is 306 g/mol. The SMILES string of the molecule is NC1=NC(COc2ccccc2C(F)(F)F)=CS1(=O)=O. The van der Waals surface area contributed by atoms with E-state index in [1.54, 1.807) is 0 Å². The third kappa shape index (κ3) is 2.93. The Bertz CT molecular complexity index is 693. The Kier molecular flexibility index (Phi) is 3.46. The molecule has 0 spiro atoms. The summed E-state index contributed by atoms with van der Waals surface area (Å²) in [5.74, 6) is -0.404. The first kappa shape index (κ1) is 14.4. The van der Waals surface area contributed by atoms with Crippen molar-refractivity contribution < 1.29 is 26.3 Å². The highest BCUT2D eigenvalue weighted by atomic mass is 32.2. The molecule has 1 heterocycles. The summed E-state index contributed by atoms with van der Waals surface area (Å²) in [6.07, 6.45) is -4.56. The molecule has 1 aromatic rings. The van der Waals surface area contributed by atoms with Gasteiger partial charge in [-0.05, 0) is 12.1 Å². The molecule has 108 valence electrons. The summed E-state index contributed by atoms with van der Waals surface area (Å²) in [5, 5.41) is 0.165. The Morgan fingerprint density at radius 3 is 2.45 bits per heavy atom. The molecule has 0 fully saturated rings. The third-order valence-corrected chi connectivity index (χ3v) is 3.66. The highest BCUT2D eigenvalue weighted by molar-refractivity contribution is 8.09. The van der Waals surface area contributed by atoms with E-state index in [9.17, 15) is 21.6 Å². The van der Waals surface area contributed by atoms with Gasteiger partial charge in [-0.3, -0.25) is 0 Å². The number of nitrogens with zero attached hydrogens (tertiary/aromatic N) is 1. The van der Waals surface area contributed by atoms with Gasteiger partial charge < -0.3 is 10.5 Å². The number of nitrogens with two attached hydrogens (primary N) is 1. The first-order valence-corrected chi connectivity index (χ1v) is 6.83. The van der Waals surface area contributed by atoms with Gasteiger partial charge in [0.05, 0.1) is 16.7 Å². The van der Waals surface area contributed by atoms with Crippen LogP contribution in [0.15, 0.2) is 40.4 Å². The summed E-state index contributed by atoms with van der Waals surface area (Å²) in [4.78, 5) is 3.51. The van der Waals surface area contributed by atoms with Gasteiger partial charge in [0, 0.05) is 0 Å². The molecule has 0 bridgehead atoms. The van der Waals surface area contributed by atoms with Gasteiger partial charge in [0.15, 0.2) is 0 Å². The predicted molar refractivity (Wildman–Crippen MR) is 65.6 cm³/mol. The molecule has 0 atom stereocenters. The van der Waals surface area contributed by atoms with Crippen LogP contribution in [0.1, 0.15) is 5.56 Å². The molecular weight excluding hydrogens is 297 g/mol. The molecule has 0 radical (unpaired) electrons. The van der Waals surface area contributed by atoms with E-state index in [0.29, 0.717) is 0 Å². The Morgan fingerprint density at radius 2 is 1.90 bits per heavy atom. The number of rotatable bonds is 3. The lowest BCUT2D eigenvalue weighted by Gasteiger charge is -2.13. The molecule has 1 aliphatic rings. The smallest absolute Gasteiger partial charge is 0.419 e.